The van der Waals surface area contributed by atoms with Gasteiger partial charge in [0.15, 0.2) is 5.78 Å². The third-order valence-electron chi connectivity index (χ3n) is 3.68. The zero-order valence-electron chi connectivity index (χ0n) is 12.4. The quantitative estimate of drug-likeness (QED) is 0.502. The second-order valence-electron chi connectivity index (χ2n) is 5.23. The molecule has 1 heterocycles. The summed E-state index contributed by atoms with van der Waals surface area (Å²) in [6.07, 6.45) is 1.41. The van der Waals surface area contributed by atoms with Gasteiger partial charge in [-0.25, -0.2) is 12.4 Å². The van der Waals surface area contributed by atoms with E-state index in [0.29, 0.717) is 16.5 Å². The number of nitrogens with zero attached hydrogens (tertiary/aromatic N) is 1. The molecule has 0 spiro atoms. The molecule has 23 heavy (non-hydrogen) atoms. The molecule has 0 amide bonds. The highest BCUT2D eigenvalue weighted by Gasteiger charge is 2.22. The van der Waals surface area contributed by atoms with Gasteiger partial charge in [-0.3, -0.25) is 4.79 Å². The van der Waals surface area contributed by atoms with Crippen molar-refractivity contribution in [2.24, 2.45) is 0 Å². The number of fused-ring (bicyclic) bond motifs is 1. The lowest BCUT2D eigenvalue weighted by molar-refractivity contribution is 0.102. The maximum atomic E-state index is 12.9. The van der Waals surface area contributed by atoms with Gasteiger partial charge in [-0.2, -0.15) is 0 Å². The van der Waals surface area contributed by atoms with E-state index < -0.39 is 10.0 Å². The van der Waals surface area contributed by atoms with E-state index in [4.69, 9.17) is 0 Å². The number of rotatable bonds is 4. The Morgan fingerprint density at radius 3 is 2.39 bits per heavy atom. The Morgan fingerprint density at radius 2 is 1.74 bits per heavy atom. The first-order valence-electron chi connectivity index (χ1n) is 6.96. The van der Waals surface area contributed by atoms with Crippen LogP contribution < -0.4 is 0 Å². The maximum absolute atomic E-state index is 12.9. The van der Waals surface area contributed by atoms with Crippen molar-refractivity contribution < 1.29 is 13.2 Å². The van der Waals surface area contributed by atoms with Crippen LogP contribution in [0, 0.1) is 6.92 Å². The zero-order valence-corrected chi connectivity index (χ0v) is 14.8. The van der Waals surface area contributed by atoms with Crippen molar-refractivity contribution >= 4 is 42.6 Å². The average Bonchev–Trinajstić information content (AvgIpc) is 2.95. The minimum Gasteiger partial charge on any atom is -0.293 e. The number of hydrogen-bond acceptors (Lipinski definition) is 3. The van der Waals surface area contributed by atoms with Crippen molar-refractivity contribution in [1.82, 2.24) is 3.97 Å². The van der Waals surface area contributed by atoms with Crippen LogP contribution in [-0.2, 0) is 10.0 Å². The van der Waals surface area contributed by atoms with Crippen LogP contribution in [0.25, 0.3) is 10.9 Å². The molecule has 0 aliphatic heterocycles. The van der Waals surface area contributed by atoms with Crippen molar-refractivity contribution in [3.8, 4) is 0 Å². The molecule has 3 rings (SSSR count). The van der Waals surface area contributed by atoms with E-state index in [1.54, 1.807) is 48.5 Å². The number of aryl methyl sites for hydroxylation is 1. The Balaban J connectivity index is 2.27. The molecule has 0 fully saturated rings. The van der Waals surface area contributed by atoms with Crippen molar-refractivity contribution in [2.45, 2.75) is 11.8 Å². The number of hydrogen-bond donors (Lipinski definition) is 0. The smallest absolute Gasteiger partial charge is 0.268 e. The largest absolute Gasteiger partial charge is 0.293 e. The third-order valence-corrected chi connectivity index (χ3v) is 5.87. The van der Waals surface area contributed by atoms with Gasteiger partial charge in [0.25, 0.3) is 10.0 Å². The fourth-order valence-corrected chi connectivity index (χ4v) is 4.14. The zero-order chi connectivity index (χ0) is 16.6. The molecular weight excluding hydrogens is 378 g/mol. The Labute approximate surface area is 142 Å². The van der Waals surface area contributed by atoms with Crippen LogP contribution in [0.15, 0.2) is 59.6 Å². The molecule has 0 atom stereocenters. The first-order chi connectivity index (χ1) is 10.9. The van der Waals surface area contributed by atoms with E-state index in [9.17, 15) is 13.2 Å². The van der Waals surface area contributed by atoms with E-state index >= 15 is 0 Å². The van der Waals surface area contributed by atoms with Gasteiger partial charge in [0, 0.05) is 17.1 Å². The Kier molecular flexibility index (Phi) is 4.12. The fraction of sp³-hybridized carbons (Fsp3) is 0.118. The summed E-state index contributed by atoms with van der Waals surface area (Å²) in [7, 11) is -3.75. The molecule has 1 aromatic heterocycles. The first kappa shape index (κ1) is 16.0. The third kappa shape index (κ3) is 2.72. The molecule has 2 aromatic carbocycles. The predicted molar refractivity (Wildman–Crippen MR) is 93.8 cm³/mol. The molecule has 0 N–H and O–H groups in total. The molecule has 0 radical (unpaired) electrons. The van der Waals surface area contributed by atoms with Crippen LogP contribution in [0.5, 0.6) is 0 Å². The number of alkyl halides is 1. The van der Waals surface area contributed by atoms with E-state index in [2.05, 4.69) is 15.9 Å². The summed E-state index contributed by atoms with van der Waals surface area (Å²) in [6, 6.07) is 13.7. The molecule has 4 nitrogen and oxygen atoms in total. The molecule has 3 aromatic rings. The van der Waals surface area contributed by atoms with Gasteiger partial charge in [0.2, 0.25) is 0 Å². The number of para-hydroxylation sites is 1. The van der Waals surface area contributed by atoms with Crippen molar-refractivity contribution in [1.29, 1.82) is 0 Å². The Hall–Kier alpha value is -1.92. The minimum atomic E-state index is -3.75. The second-order valence-corrected chi connectivity index (χ2v) is 7.61. The van der Waals surface area contributed by atoms with Crippen LogP contribution >= 0.6 is 15.9 Å². The Bertz CT molecular complexity index is 988. The molecule has 0 aliphatic rings. The predicted octanol–water partition coefficient (Wildman–Crippen LogP) is 3.76. The minimum absolute atomic E-state index is 0.144. The van der Waals surface area contributed by atoms with Crippen LogP contribution in [0.3, 0.4) is 0 Å². The van der Waals surface area contributed by atoms with Crippen molar-refractivity contribution in [3.63, 3.8) is 0 Å². The van der Waals surface area contributed by atoms with E-state index in [-0.39, 0.29) is 16.0 Å². The lowest BCUT2D eigenvalue weighted by Gasteiger charge is -2.07. The molecule has 0 unspecified atom stereocenters. The summed E-state index contributed by atoms with van der Waals surface area (Å²) in [5, 5.41) is 0.777. The van der Waals surface area contributed by atoms with Gasteiger partial charge < -0.3 is 0 Å². The van der Waals surface area contributed by atoms with Crippen LogP contribution in [0.2, 0.25) is 0 Å². The van der Waals surface area contributed by atoms with Gasteiger partial charge >= 0.3 is 0 Å². The standard InChI is InChI=1S/C17H14BrNO3S/c1-12-6-8-13(9-7-12)23(21,22)19-11-15(17(20)10-18)14-4-2-3-5-16(14)19/h2-9,11H,10H2,1H3. The number of Topliss-reactive ketones (excluding diaryl/α,β-unsaturated/α-hetero) is 1. The van der Waals surface area contributed by atoms with Gasteiger partial charge in [-0.1, -0.05) is 51.8 Å². The lowest BCUT2D eigenvalue weighted by atomic mass is 10.1. The second kappa shape index (κ2) is 5.94. The summed E-state index contributed by atoms with van der Waals surface area (Å²) >= 11 is 3.14. The van der Waals surface area contributed by atoms with Crippen molar-refractivity contribution in [2.75, 3.05) is 5.33 Å². The topological polar surface area (TPSA) is 56.1 Å². The molecule has 0 saturated carbocycles. The maximum Gasteiger partial charge on any atom is 0.268 e. The normalized spacial score (nSPS) is 11.7. The SMILES string of the molecule is Cc1ccc(S(=O)(=O)n2cc(C(=O)CBr)c3ccccc32)cc1. The average molecular weight is 392 g/mol. The van der Waals surface area contributed by atoms with E-state index in [1.165, 1.54) is 10.2 Å². The van der Waals surface area contributed by atoms with Crippen LogP contribution in [-0.4, -0.2) is 23.5 Å². The number of carbonyl (C=O) groups excluding carboxylic acids is 1. The first-order valence-corrected chi connectivity index (χ1v) is 9.53. The number of benzene rings is 2. The van der Waals surface area contributed by atoms with Gasteiger partial charge in [0.1, 0.15) is 0 Å². The highest BCUT2D eigenvalue weighted by atomic mass is 79.9. The summed E-state index contributed by atoms with van der Waals surface area (Å²) in [5.74, 6) is -0.154. The monoisotopic (exact) mass is 391 g/mol. The highest BCUT2D eigenvalue weighted by molar-refractivity contribution is 9.09. The number of carbonyl (C=O) groups is 1. The number of halogens is 1. The molecule has 0 saturated heterocycles. The number of aromatic nitrogens is 1. The van der Waals surface area contributed by atoms with Gasteiger partial charge in [-0.05, 0) is 25.1 Å². The summed E-state index contributed by atoms with van der Waals surface area (Å²) in [4.78, 5) is 12.3. The Morgan fingerprint density at radius 1 is 1.09 bits per heavy atom. The van der Waals surface area contributed by atoms with E-state index in [0.717, 1.165) is 5.56 Å². The summed E-state index contributed by atoms with van der Waals surface area (Å²) in [6.45, 7) is 1.90. The van der Waals surface area contributed by atoms with Crippen LogP contribution in [0.4, 0.5) is 0 Å². The molecular formula is C17H14BrNO3S. The van der Waals surface area contributed by atoms with Gasteiger partial charge in [0.05, 0.1) is 15.7 Å². The summed E-state index contributed by atoms with van der Waals surface area (Å²) in [5.41, 5.74) is 1.88. The molecule has 6 heteroatoms. The van der Waals surface area contributed by atoms with Crippen LogP contribution in [0.1, 0.15) is 15.9 Å². The molecule has 0 aliphatic carbocycles. The fourth-order valence-electron chi connectivity index (χ4n) is 2.47. The highest BCUT2D eigenvalue weighted by Crippen LogP contribution is 2.26. The number of ketones is 1. The summed E-state index contributed by atoms with van der Waals surface area (Å²) < 4.78 is 27.0. The van der Waals surface area contributed by atoms with E-state index in [1.807, 2.05) is 6.92 Å². The molecule has 118 valence electrons. The van der Waals surface area contributed by atoms with Gasteiger partial charge in [-0.15, -0.1) is 0 Å². The molecule has 0 bridgehead atoms. The van der Waals surface area contributed by atoms with Crippen molar-refractivity contribution in [3.05, 3.63) is 65.9 Å². The lowest BCUT2D eigenvalue weighted by Crippen LogP contribution is -2.12.